The maximum Gasteiger partial charge on any atom is 0.207 e. The zero-order valence-electron chi connectivity index (χ0n) is 12.6. The number of nitrogens with zero attached hydrogens (tertiary/aromatic N) is 2. The van der Waals surface area contributed by atoms with E-state index in [9.17, 15) is 0 Å². The van der Waals surface area contributed by atoms with E-state index in [1.807, 2.05) is 74.5 Å². The molecule has 0 radical (unpaired) electrons. The summed E-state index contributed by atoms with van der Waals surface area (Å²) in [6, 6.07) is 19.8. The van der Waals surface area contributed by atoms with Crippen LogP contribution in [0.5, 0.6) is 0 Å². The summed E-state index contributed by atoms with van der Waals surface area (Å²) in [5.41, 5.74) is 9.37. The lowest BCUT2D eigenvalue weighted by Crippen LogP contribution is -2.29. The highest BCUT2D eigenvalue weighted by molar-refractivity contribution is 7.80. The molecule has 0 amide bonds. The predicted molar refractivity (Wildman–Crippen MR) is 96.2 cm³/mol. The fraction of sp³-hybridized carbons (Fsp3) is 0.118. The number of hydrazone groups is 2. The molecule has 0 aliphatic carbocycles. The van der Waals surface area contributed by atoms with E-state index in [4.69, 9.17) is 12.2 Å². The van der Waals surface area contributed by atoms with Gasteiger partial charge in [-0.05, 0) is 37.2 Å². The fourth-order valence-corrected chi connectivity index (χ4v) is 1.87. The van der Waals surface area contributed by atoms with Crippen LogP contribution in [0, 0.1) is 0 Å². The highest BCUT2D eigenvalue weighted by Crippen LogP contribution is 2.00. The Kier molecular flexibility index (Phi) is 5.80. The standard InChI is InChI=1S/C17H18N4S/c1-13(15-9-5-3-6-10-15)18-20-17(22)21-19-14(2)16-11-7-4-8-12-16/h3-12H,1-2H3,(H2,20,21,22)/b18-13+,19-14?. The third-order valence-corrected chi connectivity index (χ3v) is 3.22. The molecule has 0 saturated heterocycles. The van der Waals surface area contributed by atoms with E-state index in [2.05, 4.69) is 21.1 Å². The summed E-state index contributed by atoms with van der Waals surface area (Å²) >= 11 is 5.15. The van der Waals surface area contributed by atoms with Crippen LogP contribution < -0.4 is 10.9 Å². The molecular weight excluding hydrogens is 292 g/mol. The Balaban J connectivity index is 1.91. The van der Waals surface area contributed by atoms with Gasteiger partial charge in [-0.25, -0.2) is 0 Å². The number of hydrogen-bond donors (Lipinski definition) is 2. The Morgan fingerprint density at radius 2 is 1.09 bits per heavy atom. The van der Waals surface area contributed by atoms with Gasteiger partial charge in [0.25, 0.3) is 0 Å². The summed E-state index contributed by atoms with van der Waals surface area (Å²) < 4.78 is 0. The number of nitrogens with one attached hydrogen (secondary N) is 2. The van der Waals surface area contributed by atoms with Crippen LogP contribution in [0.2, 0.25) is 0 Å². The first-order chi connectivity index (χ1) is 10.7. The van der Waals surface area contributed by atoms with Crippen LogP contribution in [0.15, 0.2) is 70.9 Å². The highest BCUT2D eigenvalue weighted by Gasteiger charge is 1.98. The average Bonchev–Trinajstić information content (AvgIpc) is 2.59. The van der Waals surface area contributed by atoms with Gasteiger partial charge in [-0.2, -0.15) is 10.2 Å². The Hall–Kier alpha value is -2.53. The van der Waals surface area contributed by atoms with Gasteiger partial charge in [-0.3, -0.25) is 10.9 Å². The van der Waals surface area contributed by atoms with E-state index in [1.54, 1.807) is 0 Å². The van der Waals surface area contributed by atoms with Crippen LogP contribution in [-0.2, 0) is 0 Å². The van der Waals surface area contributed by atoms with Crippen molar-refractivity contribution >= 4 is 28.8 Å². The second-order valence-corrected chi connectivity index (χ2v) is 5.09. The molecule has 0 fully saturated rings. The average molecular weight is 310 g/mol. The lowest BCUT2D eigenvalue weighted by molar-refractivity contribution is 0.925. The van der Waals surface area contributed by atoms with Crippen molar-refractivity contribution in [1.29, 1.82) is 0 Å². The molecule has 0 unspecified atom stereocenters. The highest BCUT2D eigenvalue weighted by atomic mass is 32.1. The Morgan fingerprint density at radius 1 is 0.727 bits per heavy atom. The summed E-state index contributed by atoms with van der Waals surface area (Å²) in [5.74, 6) is 0. The SMILES string of the molecule is CC(=NNC(=S)N/N=C(\C)c1ccccc1)c1ccccc1. The normalized spacial score (nSPS) is 11.9. The zero-order valence-corrected chi connectivity index (χ0v) is 13.4. The van der Waals surface area contributed by atoms with Crippen LogP contribution >= 0.6 is 12.2 Å². The second-order valence-electron chi connectivity index (χ2n) is 4.68. The summed E-state index contributed by atoms with van der Waals surface area (Å²) in [6.45, 7) is 3.84. The Labute approximate surface area is 136 Å². The maximum absolute atomic E-state index is 5.15. The molecule has 0 aliphatic heterocycles. The van der Waals surface area contributed by atoms with Gasteiger partial charge < -0.3 is 0 Å². The molecule has 22 heavy (non-hydrogen) atoms. The molecule has 2 rings (SSSR count). The van der Waals surface area contributed by atoms with E-state index in [-0.39, 0.29) is 0 Å². The maximum atomic E-state index is 5.15. The van der Waals surface area contributed by atoms with Gasteiger partial charge >= 0.3 is 0 Å². The molecule has 2 N–H and O–H groups in total. The minimum absolute atomic E-state index is 0.352. The fourth-order valence-electron chi connectivity index (χ4n) is 1.78. The largest absolute Gasteiger partial charge is 0.252 e. The number of benzene rings is 2. The van der Waals surface area contributed by atoms with Crippen LogP contribution in [-0.4, -0.2) is 16.5 Å². The van der Waals surface area contributed by atoms with Crippen molar-refractivity contribution in [2.45, 2.75) is 13.8 Å². The first kappa shape index (κ1) is 15.9. The van der Waals surface area contributed by atoms with Crippen LogP contribution in [0.3, 0.4) is 0 Å². The molecule has 0 aromatic heterocycles. The van der Waals surface area contributed by atoms with Crippen LogP contribution in [0.1, 0.15) is 25.0 Å². The first-order valence-corrected chi connectivity index (χ1v) is 7.33. The summed E-state index contributed by atoms with van der Waals surface area (Å²) in [6.07, 6.45) is 0. The molecule has 0 heterocycles. The Bertz CT molecular complexity index is 619. The first-order valence-electron chi connectivity index (χ1n) is 6.92. The molecule has 112 valence electrons. The van der Waals surface area contributed by atoms with Gasteiger partial charge in [0.1, 0.15) is 0 Å². The molecule has 4 nitrogen and oxygen atoms in total. The van der Waals surface area contributed by atoms with Gasteiger partial charge in [0.15, 0.2) is 0 Å². The Morgan fingerprint density at radius 3 is 1.45 bits per heavy atom. The van der Waals surface area contributed by atoms with Crippen molar-refractivity contribution in [2.75, 3.05) is 0 Å². The monoisotopic (exact) mass is 310 g/mol. The minimum Gasteiger partial charge on any atom is -0.252 e. The molecule has 2 aromatic carbocycles. The summed E-state index contributed by atoms with van der Waals surface area (Å²) in [4.78, 5) is 0. The third-order valence-electron chi connectivity index (χ3n) is 3.03. The lowest BCUT2D eigenvalue weighted by atomic mass is 10.1. The van der Waals surface area contributed by atoms with Gasteiger partial charge in [0.2, 0.25) is 5.11 Å². The van der Waals surface area contributed by atoms with Gasteiger partial charge in [-0.1, -0.05) is 60.7 Å². The topological polar surface area (TPSA) is 48.8 Å². The van der Waals surface area contributed by atoms with Crippen molar-refractivity contribution in [3.63, 3.8) is 0 Å². The molecule has 5 heteroatoms. The van der Waals surface area contributed by atoms with Crippen molar-refractivity contribution in [3.05, 3.63) is 71.8 Å². The van der Waals surface area contributed by atoms with Gasteiger partial charge in [-0.15, -0.1) is 0 Å². The van der Waals surface area contributed by atoms with Crippen molar-refractivity contribution in [3.8, 4) is 0 Å². The minimum atomic E-state index is 0.352. The number of rotatable bonds is 4. The smallest absolute Gasteiger partial charge is 0.207 e. The van der Waals surface area contributed by atoms with Crippen LogP contribution in [0.4, 0.5) is 0 Å². The van der Waals surface area contributed by atoms with E-state index in [1.165, 1.54) is 0 Å². The van der Waals surface area contributed by atoms with E-state index < -0.39 is 0 Å². The quantitative estimate of drug-likeness (QED) is 0.517. The molecule has 0 atom stereocenters. The van der Waals surface area contributed by atoms with E-state index in [0.717, 1.165) is 22.6 Å². The second kappa shape index (κ2) is 8.05. The zero-order chi connectivity index (χ0) is 15.8. The van der Waals surface area contributed by atoms with Gasteiger partial charge in [0.05, 0.1) is 11.4 Å². The van der Waals surface area contributed by atoms with Crippen molar-refractivity contribution < 1.29 is 0 Å². The lowest BCUT2D eigenvalue weighted by Gasteiger charge is -2.06. The molecule has 0 spiro atoms. The molecule has 2 aromatic rings. The van der Waals surface area contributed by atoms with E-state index in [0.29, 0.717) is 5.11 Å². The third kappa shape index (κ3) is 4.79. The number of hydrogen-bond acceptors (Lipinski definition) is 3. The summed E-state index contributed by atoms with van der Waals surface area (Å²) in [7, 11) is 0. The summed E-state index contributed by atoms with van der Waals surface area (Å²) in [5, 5.41) is 8.83. The molecule has 0 saturated carbocycles. The van der Waals surface area contributed by atoms with Crippen molar-refractivity contribution in [1.82, 2.24) is 10.9 Å². The van der Waals surface area contributed by atoms with Crippen LogP contribution in [0.25, 0.3) is 0 Å². The molecular formula is C17H18N4S. The number of thiocarbonyl (C=S) groups is 1. The van der Waals surface area contributed by atoms with Gasteiger partial charge in [0, 0.05) is 0 Å². The predicted octanol–water partition coefficient (Wildman–Crippen LogP) is 3.30. The van der Waals surface area contributed by atoms with Crippen molar-refractivity contribution in [2.24, 2.45) is 10.2 Å². The van der Waals surface area contributed by atoms with E-state index >= 15 is 0 Å². The molecule has 0 bridgehead atoms. The molecule has 0 aliphatic rings.